The summed E-state index contributed by atoms with van der Waals surface area (Å²) in [5.41, 5.74) is -0.768. The monoisotopic (exact) mass is 544 g/mol. The Labute approximate surface area is 229 Å². The molecule has 3 aliphatic rings. The molecule has 1 aromatic rings. The number of hydrogen-bond acceptors (Lipinski definition) is 6. The molecule has 5 atom stereocenters. The Kier molecular flexibility index (Phi) is 8.35. The highest BCUT2D eigenvalue weighted by atomic mass is 35.5. The zero-order valence-electron chi connectivity index (χ0n) is 22.2. The molecule has 1 N–H and O–H groups in total. The fourth-order valence-electron chi connectivity index (χ4n) is 6.73. The fourth-order valence-corrected chi connectivity index (χ4v) is 7.05. The van der Waals surface area contributed by atoms with Crippen molar-refractivity contribution in [3.63, 3.8) is 0 Å². The van der Waals surface area contributed by atoms with Crippen LogP contribution < -0.4 is 4.90 Å². The van der Waals surface area contributed by atoms with Gasteiger partial charge in [0.05, 0.1) is 35.4 Å². The van der Waals surface area contributed by atoms with E-state index < -0.39 is 35.0 Å². The Hall–Kier alpha value is -2.68. The lowest BCUT2D eigenvalue weighted by atomic mass is 9.65. The number of hydrogen-bond donors (Lipinski definition) is 1. The van der Waals surface area contributed by atoms with E-state index >= 15 is 0 Å². The molecule has 3 fully saturated rings. The van der Waals surface area contributed by atoms with E-state index in [4.69, 9.17) is 21.1 Å². The van der Waals surface area contributed by atoms with Crippen LogP contribution in [-0.2, 0) is 23.9 Å². The SMILES string of the molecule is C=CCCCOC(=O)[C@@H]1[C@H]2C(=O)N(CCO)C(C(=O)N(CC=C)c3c(C)cccc3Cl)C23CC[C@@]1(CC)O3. The maximum absolute atomic E-state index is 14.4. The summed E-state index contributed by atoms with van der Waals surface area (Å²) in [6, 6.07) is 4.34. The molecule has 2 unspecified atom stereocenters. The third kappa shape index (κ3) is 4.36. The number of unbranched alkanes of at least 4 members (excludes halogenated alkanes) is 1. The number of carbonyl (C=O) groups excluding carboxylic acids is 3. The van der Waals surface area contributed by atoms with Crippen molar-refractivity contribution in [3.8, 4) is 0 Å². The van der Waals surface area contributed by atoms with Gasteiger partial charge in [0.25, 0.3) is 5.91 Å². The number of rotatable bonds is 12. The van der Waals surface area contributed by atoms with Crippen molar-refractivity contribution in [1.29, 1.82) is 0 Å². The van der Waals surface area contributed by atoms with Crippen molar-refractivity contribution in [2.75, 3.05) is 31.2 Å². The molecule has 3 aliphatic heterocycles. The number of benzene rings is 1. The number of aryl methyl sites for hydroxylation is 1. The van der Waals surface area contributed by atoms with Crippen molar-refractivity contribution in [1.82, 2.24) is 4.90 Å². The fraction of sp³-hybridized carbons (Fsp3) is 0.552. The Bertz CT molecular complexity index is 1100. The first-order valence-corrected chi connectivity index (χ1v) is 13.7. The standard InChI is InChI=1S/C29H37ClN2O6/c1-5-8-9-18-37-27(36)22-21-25(34)32(16-17-33)24(29(21)14-13-28(22,7-3)38-29)26(35)31(15-6-2)23-19(4)11-10-12-20(23)30/h5-6,10-12,21-22,24,33H,1-2,7-9,13-18H2,3-4H3/t21-,22-,24?,28+,29?/m0/s1. The molecule has 206 valence electrons. The van der Waals surface area contributed by atoms with Crippen LogP contribution in [0.2, 0.25) is 5.02 Å². The van der Waals surface area contributed by atoms with Crippen LogP contribution in [0.5, 0.6) is 0 Å². The number of esters is 1. The number of β-amino-alcohol motifs (C(OH)–C–C–N with tert-alkyl or cyclic N) is 1. The third-order valence-corrected chi connectivity index (χ3v) is 8.65. The number of aliphatic hydroxyl groups excluding tert-OH is 1. The summed E-state index contributed by atoms with van der Waals surface area (Å²) >= 11 is 6.56. The highest BCUT2D eigenvalue weighted by Gasteiger charge is 2.79. The number of fused-ring (bicyclic) bond motifs is 1. The summed E-state index contributed by atoms with van der Waals surface area (Å²) in [6.07, 6.45) is 6.19. The van der Waals surface area contributed by atoms with Gasteiger partial charge in [0.15, 0.2) is 0 Å². The highest BCUT2D eigenvalue weighted by molar-refractivity contribution is 6.34. The molecule has 0 aliphatic carbocycles. The van der Waals surface area contributed by atoms with Crippen molar-refractivity contribution < 1.29 is 29.0 Å². The topological polar surface area (TPSA) is 96.4 Å². The van der Waals surface area contributed by atoms with Crippen LogP contribution in [0.15, 0.2) is 43.5 Å². The lowest BCUT2D eigenvalue weighted by molar-refractivity contribution is -0.161. The lowest BCUT2D eigenvalue weighted by Crippen LogP contribution is -2.57. The summed E-state index contributed by atoms with van der Waals surface area (Å²) in [4.78, 5) is 44.8. The number of likely N-dealkylation sites (tertiary alicyclic amines) is 1. The van der Waals surface area contributed by atoms with Gasteiger partial charge in [-0.15, -0.1) is 13.2 Å². The molecule has 1 aromatic carbocycles. The second-order valence-electron chi connectivity index (χ2n) is 10.3. The first kappa shape index (κ1) is 28.3. The minimum atomic E-state index is -1.21. The molecule has 8 nitrogen and oxygen atoms in total. The van der Waals surface area contributed by atoms with E-state index in [-0.39, 0.29) is 38.1 Å². The van der Waals surface area contributed by atoms with E-state index in [1.54, 1.807) is 18.2 Å². The van der Waals surface area contributed by atoms with Crippen LogP contribution in [-0.4, -0.2) is 71.3 Å². The number of allylic oxidation sites excluding steroid dienone is 1. The van der Waals surface area contributed by atoms with E-state index in [1.807, 2.05) is 26.0 Å². The molecule has 2 bridgehead atoms. The summed E-state index contributed by atoms with van der Waals surface area (Å²) < 4.78 is 12.3. The molecule has 1 spiro atoms. The van der Waals surface area contributed by atoms with Gasteiger partial charge in [-0.3, -0.25) is 14.4 Å². The summed E-state index contributed by atoms with van der Waals surface area (Å²) in [6.45, 7) is 11.3. The summed E-state index contributed by atoms with van der Waals surface area (Å²) in [5, 5.41) is 10.3. The van der Waals surface area contributed by atoms with Crippen LogP contribution in [0.4, 0.5) is 5.69 Å². The van der Waals surface area contributed by atoms with E-state index in [0.29, 0.717) is 42.8 Å². The lowest BCUT2D eigenvalue weighted by Gasteiger charge is -2.37. The summed E-state index contributed by atoms with van der Waals surface area (Å²) in [5.74, 6) is -2.92. The number of ether oxygens (including phenoxy) is 2. The smallest absolute Gasteiger partial charge is 0.312 e. The number of aliphatic hydroxyl groups is 1. The number of halogens is 1. The van der Waals surface area contributed by atoms with Gasteiger partial charge >= 0.3 is 5.97 Å². The van der Waals surface area contributed by atoms with E-state index in [2.05, 4.69) is 13.2 Å². The minimum absolute atomic E-state index is 0.0550. The van der Waals surface area contributed by atoms with Gasteiger partial charge in [0, 0.05) is 13.1 Å². The van der Waals surface area contributed by atoms with Gasteiger partial charge in [0.1, 0.15) is 17.6 Å². The number of para-hydroxylation sites is 1. The predicted molar refractivity (Wildman–Crippen MR) is 145 cm³/mol. The molecular weight excluding hydrogens is 508 g/mol. The van der Waals surface area contributed by atoms with E-state index in [9.17, 15) is 19.5 Å². The van der Waals surface area contributed by atoms with Crippen LogP contribution in [0, 0.1) is 18.8 Å². The minimum Gasteiger partial charge on any atom is -0.465 e. The number of nitrogens with zero attached hydrogens (tertiary/aromatic N) is 2. The van der Waals surface area contributed by atoms with Gasteiger partial charge in [-0.2, -0.15) is 0 Å². The first-order valence-electron chi connectivity index (χ1n) is 13.3. The maximum atomic E-state index is 14.4. The molecule has 0 aromatic heterocycles. The molecule has 4 rings (SSSR count). The van der Waals surface area contributed by atoms with Crippen molar-refractivity contribution in [2.45, 2.75) is 63.2 Å². The van der Waals surface area contributed by atoms with Gasteiger partial charge in [-0.25, -0.2) is 0 Å². The molecular formula is C29H37ClN2O6. The number of carbonyl (C=O) groups is 3. The average Bonchev–Trinajstić information content (AvgIpc) is 3.49. The first-order chi connectivity index (χ1) is 18.2. The molecule has 2 amide bonds. The van der Waals surface area contributed by atoms with Crippen molar-refractivity contribution in [2.24, 2.45) is 11.8 Å². The van der Waals surface area contributed by atoms with Crippen molar-refractivity contribution in [3.05, 3.63) is 54.1 Å². The Morgan fingerprint density at radius 3 is 2.71 bits per heavy atom. The Balaban J connectivity index is 1.77. The second kappa shape index (κ2) is 11.2. The Morgan fingerprint density at radius 2 is 2.08 bits per heavy atom. The molecule has 9 heteroatoms. The predicted octanol–water partition coefficient (Wildman–Crippen LogP) is 3.82. The second-order valence-corrected chi connectivity index (χ2v) is 10.7. The maximum Gasteiger partial charge on any atom is 0.312 e. The van der Waals surface area contributed by atoms with Gasteiger partial charge in [-0.05, 0) is 50.7 Å². The van der Waals surface area contributed by atoms with Crippen molar-refractivity contribution >= 4 is 35.1 Å². The number of anilines is 1. The average molecular weight is 545 g/mol. The zero-order chi connectivity index (χ0) is 27.7. The quantitative estimate of drug-likeness (QED) is 0.244. The Morgan fingerprint density at radius 1 is 1.32 bits per heavy atom. The largest absolute Gasteiger partial charge is 0.465 e. The van der Waals surface area contributed by atoms with Crippen LogP contribution in [0.3, 0.4) is 0 Å². The van der Waals surface area contributed by atoms with Gasteiger partial charge in [-0.1, -0.05) is 42.8 Å². The van der Waals surface area contributed by atoms with Gasteiger partial charge in [0.2, 0.25) is 5.91 Å². The van der Waals surface area contributed by atoms with Gasteiger partial charge < -0.3 is 24.4 Å². The highest BCUT2D eigenvalue weighted by Crippen LogP contribution is 2.64. The third-order valence-electron chi connectivity index (χ3n) is 8.34. The molecule has 3 saturated heterocycles. The van der Waals surface area contributed by atoms with E-state index in [0.717, 1.165) is 5.56 Å². The number of amides is 2. The summed E-state index contributed by atoms with van der Waals surface area (Å²) in [7, 11) is 0. The van der Waals surface area contributed by atoms with Crippen LogP contribution >= 0.6 is 11.6 Å². The molecule has 3 heterocycles. The van der Waals surface area contributed by atoms with Crippen LogP contribution in [0.25, 0.3) is 0 Å². The normalized spacial score (nSPS) is 29.3. The van der Waals surface area contributed by atoms with E-state index in [1.165, 1.54) is 9.80 Å². The molecule has 0 radical (unpaired) electrons. The molecule has 0 saturated carbocycles. The molecule has 38 heavy (non-hydrogen) atoms. The van der Waals surface area contributed by atoms with Crippen LogP contribution in [0.1, 0.15) is 44.6 Å². The zero-order valence-corrected chi connectivity index (χ0v) is 22.9.